The Bertz CT molecular complexity index is 488. The van der Waals surface area contributed by atoms with Gasteiger partial charge in [-0.2, -0.15) is 0 Å². The zero-order valence-electron chi connectivity index (χ0n) is 8.27. The van der Waals surface area contributed by atoms with Gasteiger partial charge in [-0.15, -0.1) is 0 Å². The molecule has 0 fully saturated rings. The molecule has 76 valence electrons. The van der Waals surface area contributed by atoms with E-state index in [0.717, 1.165) is 16.5 Å². The van der Waals surface area contributed by atoms with Gasteiger partial charge in [0.2, 0.25) is 0 Å². The predicted octanol–water partition coefficient (Wildman–Crippen LogP) is 3.15. The number of ether oxygens (including phenoxy) is 2. The summed E-state index contributed by atoms with van der Waals surface area (Å²) in [5.74, 6) is 0.722. The molecule has 0 radical (unpaired) electrons. The molecule has 0 aliphatic carbocycles. The molecule has 0 aliphatic rings. The Morgan fingerprint density at radius 2 is 1.80 bits per heavy atom. The van der Waals surface area contributed by atoms with Crippen LogP contribution in [-0.4, -0.2) is 12.3 Å². The van der Waals surface area contributed by atoms with Gasteiger partial charge >= 0.3 is 5.24 Å². The fraction of sp³-hybridized carbons (Fsp3) is 0.0833. The summed E-state index contributed by atoms with van der Waals surface area (Å²) in [4.78, 5) is 0. The second-order valence-electron chi connectivity index (χ2n) is 3.03. The molecule has 0 amide bonds. The number of hydrogen-bond donors (Lipinski definition) is 0. The van der Waals surface area contributed by atoms with Crippen LogP contribution in [-0.2, 0) is 4.74 Å². The van der Waals surface area contributed by atoms with Gasteiger partial charge in [-0.3, -0.25) is 0 Å². The fourth-order valence-corrected chi connectivity index (χ4v) is 1.51. The molecule has 2 aromatic rings. The number of benzene rings is 2. The summed E-state index contributed by atoms with van der Waals surface area (Å²) in [7, 11) is 1.49. The lowest BCUT2D eigenvalue weighted by Crippen LogP contribution is -2.06. The van der Waals surface area contributed by atoms with Gasteiger partial charge in [0.25, 0.3) is 0 Å². The first kappa shape index (κ1) is 9.93. The molecule has 0 spiro atoms. The van der Waals surface area contributed by atoms with E-state index in [1.54, 1.807) is 0 Å². The summed E-state index contributed by atoms with van der Waals surface area (Å²) in [6.07, 6.45) is 0. The number of rotatable bonds is 1. The van der Waals surface area contributed by atoms with Crippen LogP contribution in [0.25, 0.3) is 10.8 Å². The molecule has 0 atom stereocenters. The van der Waals surface area contributed by atoms with Crippen LogP contribution in [0.1, 0.15) is 0 Å². The summed E-state index contributed by atoms with van der Waals surface area (Å²) >= 11 is 4.86. The van der Waals surface area contributed by atoms with Crippen LogP contribution >= 0.6 is 12.2 Å². The molecule has 2 aromatic carbocycles. The molecule has 2 nitrogen and oxygen atoms in total. The zero-order chi connectivity index (χ0) is 10.7. The van der Waals surface area contributed by atoms with Crippen molar-refractivity contribution in [3.63, 3.8) is 0 Å². The number of thiocarbonyl (C=S) groups is 1. The van der Waals surface area contributed by atoms with Crippen molar-refractivity contribution in [2.45, 2.75) is 0 Å². The molecule has 0 aromatic heterocycles. The van der Waals surface area contributed by atoms with E-state index in [1.807, 2.05) is 42.5 Å². The molecule has 0 N–H and O–H groups in total. The van der Waals surface area contributed by atoms with Crippen LogP contribution in [0.2, 0.25) is 0 Å². The van der Waals surface area contributed by atoms with Gasteiger partial charge in [-0.25, -0.2) is 0 Å². The number of fused-ring (bicyclic) bond motifs is 1. The zero-order valence-corrected chi connectivity index (χ0v) is 9.08. The van der Waals surface area contributed by atoms with Gasteiger partial charge in [0, 0.05) is 17.6 Å². The molecule has 0 aliphatic heterocycles. The maximum absolute atomic E-state index is 5.39. The van der Waals surface area contributed by atoms with E-state index in [0.29, 0.717) is 0 Å². The van der Waals surface area contributed by atoms with Crippen LogP contribution in [0.3, 0.4) is 0 Å². The van der Waals surface area contributed by atoms with Gasteiger partial charge in [0.15, 0.2) is 0 Å². The average Bonchev–Trinajstić information content (AvgIpc) is 2.29. The van der Waals surface area contributed by atoms with Crippen LogP contribution in [0.15, 0.2) is 42.5 Å². The van der Waals surface area contributed by atoms with E-state index < -0.39 is 0 Å². The molecule has 0 bridgehead atoms. The molecule has 0 saturated heterocycles. The number of hydrogen-bond acceptors (Lipinski definition) is 3. The van der Waals surface area contributed by atoms with E-state index >= 15 is 0 Å². The summed E-state index contributed by atoms with van der Waals surface area (Å²) in [5.41, 5.74) is 0. The van der Waals surface area contributed by atoms with Gasteiger partial charge in [0.05, 0.1) is 7.11 Å². The topological polar surface area (TPSA) is 18.5 Å². The van der Waals surface area contributed by atoms with Crippen molar-refractivity contribution in [3.05, 3.63) is 42.5 Å². The fourth-order valence-electron chi connectivity index (χ4n) is 1.42. The third kappa shape index (κ3) is 2.07. The van der Waals surface area contributed by atoms with Gasteiger partial charge in [0.1, 0.15) is 5.75 Å². The maximum atomic E-state index is 5.39. The Morgan fingerprint density at radius 1 is 1.07 bits per heavy atom. The smallest absolute Gasteiger partial charge is 0.357 e. The Hall–Kier alpha value is -1.61. The van der Waals surface area contributed by atoms with Crippen LogP contribution in [0.4, 0.5) is 0 Å². The summed E-state index contributed by atoms with van der Waals surface area (Å²) in [5, 5.41) is 2.28. The third-order valence-electron chi connectivity index (χ3n) is 2.11. The van der Waals surface area contributed by atoms with Crippen LogP contribution in [0, 0.1) is 0 Å². The SMILES string of the molecule is COC(=S)Oc1cccc2ccccc12. The predicted molar refractivity (Wildman–Crippen MR) is 64.2 cm³/mol. The molecular formula is C12H10O2S. The van der Waals surface area contributed by atoms with Gasteiger partial charge in [-0.05, 0) is 11.5 Å². The largest absolute Gasteiger partial charge is 0.460 e. The highest BCUT2D eigenvalue weighted by molar-refractivity contribution is 7.79. The molecule has 3 heteroatoms. The molecule has 0 heterocycles. The number of methoxy groups -OCH3 is 1. The minimum absolute atomic E-state index is 0.131. The second-order valence-corrected chi connectivity index (χ2v) is 3.37. The van der Waals surface area contributed by atoms with Crippen molar-refractivity contribution in [3.8, 4) is 5.75 Å². The lowest BCUT2D eigenvalue weighted by atomic mass is 10.1. The van der Waals surface area contributed by atoms with Crippen molar-refractivity contribution in [1.82, 2.24) is 0 Å². The van der Waals surface area contributed by atoms with Crippen molar-refractivity contribution in [2.75, 3.05) is 7.11 Å². The summed E-state index contributed by atoms with van der Waals surface area (Å²) in [6, 6.07) is 13.8. The van der Waals surface area contributed by atoms with E-state index in [-0.39, 0.29) is 5.24 Å². The van der Waals surface area contributed by atoms with E-state index in [4.69, 9.17) is 21.7 Å². The van der Waals surface area contributed by atoms with Gasteiger partial charge in [-0.1, -0.05) is 36.4 Å². The lowest BCUT2D eigenvalue weighted by Gasteiger charge is -2.07. The Balaban J connectivity index is 2.46. The normalized spacial score (nSPS) is 9.93. The highest BCUT2D eigenvalue weighted by Gasteiger charge is 2.03. The minimum Gasteiger partial charge on any atom is -0.460 e. The summed E-state index contributed by atoms with van der Waals surface area (Å²) in [6.45, 7) is 0. The first-order valence-electron chi connectivity index (χ1n) is 4.55. The maximum Gasteiger partial charge on any atom is 0.357 e. The molecule has 0 saturated carbocycles. The van der Waals surface area contributed by atoms with Gasteiger partial charge < -0.3 is 9.47 Å². The summed E-state index contributed by atoms with van der Waals surface area (Å²) < 4.78 is 10.2. The van der Waals surface area contributed by atoms with Crippen molar-refractivity contribution in [1.29, 1.82) is 0 Å². The molecule has 2 rings (SSSR count). The van der Waals surface area contributed by atoms with E-state index in [1.165, 1.54) is 7.11 Å². The Morgan fingerprint density at radius 3 is 2.60 bits per heavy atom. The molecule has 15 heavy (non-hydrogen) atoms. The first-order chi connectivity index (χ1) is 7.31. The van der Waals surface area contributed by atoms with E-state index in [9.17, 15) is 0 Å². The van der Waals surface area contributed by atoms with E-state index in [2.05, 4.69) is 0 Å². The minimum atomic E-state index is 0.131. The molecular weight excluding hydrogens is 208 g/mol. The van der Waals surface area contributed by atoms with Crippen LogP contribution < -0.4 is 4.74 Å². The quantitative estimate of drug-likeness (QED) is 0.685. The third-order valence-corrected chi connectivity index (χ3v) is 2.36. The Labute approximate surface area is 93.4 Å². The average molecular weight is 218 g/mol. The first-order valence-corrected chi connectivity index (χ1v) is 4.95. The second kappa shape index (κ2) is 4.28. The van der Waals surface area contributed by atoms with Crippen molar-refractivity contribution >= 4 is 28.2 Å². The van der Waals surface area contributed by atoms with Crippen molar-refractivity contribution < 1.29 is 9.47 Å². The van der Waals surface area contributed by atoms with Crippen LogP contribution in [0.5, 0.6) is 5.75 Å². The standard InChI is InChI=1S/C12H10O2S/c1-13-12(15)14-11-8-4-6-9-5-2-3-7-10(9)11/h2-8H,1H3. The lowest BCUT2D eigenvalue weighted by molar-refractivity contribution is 0.317. The monoisotopic (exact) mass is 218 g/mol. The molecule has 0 unspecified atom stereocenters. The highest BCUT2D eigenvalue weighted by atomic mass is 32.1. The highest BCUT2D eigenvalue weighted by Crippen LogP contribution is 2.25. The van der Waals surface area contributed by atoms with Crippen molar-refractivity contribution in [2.24, 2.45) is 0 Å². The Kier molecular flexibility index (Phi) is 2.83.